The lowest BCUT2D eigenvalue weighted by atomic mass is 9.73. The Morgan fingerprint density at radius 1 is 0.575 bits per heavy atom. The van der Waals surface area contributed by atoms with E-state index in [-0.39, 0.29) is 43.6 Å². The van der Waals surface area contributed by atoms with Gasteiger partial charge < -0.3 is 14.9 Å². The predicted octanol–water partition coefficient (Wildman–Crippen LogP) is 17.6. The minimum absolute atomic E-state index is 0.0716. The van der Waals surface area contributed by atoms with Gasteiger partial charge in [0.2, 0.25) is 0 Å². The van der Waals surface area contributed by atoms with E-state index in [2.05, 4.69) is 162 Å². The Morgan fingerprint density at radius 3 is 1.65 bits per heavy atom. The van der Waals surface area contributed by atoms with Crippen LogP contribution in [0.2, 0.25) is 0 Å². The molecule has 7 aromatic carbocycles. The maximum atomic E-state index is 13.5. The van der Waals surface area contributed by atoms with E-state index < -0.39 is 12.5 Å². The number of hydrogen-bond donors (Lipinski definition) is 1. The summed E-state index contributed by atoms with van der Waals surface area (Å²) in [6.07, 6.45) is 13.9. The van der Waals surface area contributed by atoms with Crippen molar-refractivity contribution in [3.8, 4) is 0 Å². The number of thiocarbonyl (C=S) groups is 1. The molecule has 7 aromatic rings. The summed E-state index contributed by atoms with van der Waals surface area (Å²) in [6, 6.07) is 50.3. The average Bonchev–Trinajstić information content (AvgIpc) is 4.00. The van der Waals surface area contributed by atoms with Gasteiger partial charge in [-0.05, 0) is 134 Å². The molecule has 10 heteroatoms. The quantitative estimate of drug-likeness (QED) is 0.0494. The van der Waals surface area contributed by atoms with Crippen LogP contribution in [0.15, 0.2) is 156 Å². The van der Waals surface area contributed by atoms with Crippen LogP contribution in [0.1, 0.15) is 166 Å². The molecule has 0 spiro atoms. The molecule has 3 aliphatic heterocycles. The number of fused-ring (bicyclic) bond motifs is 6. The van der Waals surface area contributed by atoms with Gasteiger partial charge >= 0.3 is 5.97 Å². The number of carboxylic acid groups (broad SMARTS) is 1. The molecule has 3 heterocycles. The fourth-order valence-corrected chi connectivity index (χ4v) is 13.2. The average molecular weight is 1100 g/mol. The number of carboxylic acids is 1. The Hall–Kier alpha value is -7.40. The van der Waals surface area contributed by atoms with Gasteiger partial charge in [-0.15, -0.1) is 0 Å². The van der Waals surface area contributed by atoms with Crippen LogP contribution in [0.25, 0.3) is 22.9 Å². The second-order valence-corrected chi connectivity index (χ2v) is 25.4. The lowest BCUT2D eigenvalue weighted by Crippen LogP contribution is -2.33. The molecule has 1 aliphatic carbocycles. The molecule has 408 valence electrons. The van der Waals surface area contributed by atoms with Gasteiger partial charge in [0, 0.05) is 45.6 Å². The first-order valence-electron chi connectivity index (χ1n) is 28.2. The van der Waals surface area contributed by atoms with Crippen molar-refractivity contribution in [2.45, 2.75) is 123 Å². The third-order valence-corrected chi connectivity index (χ3v) is 17.9. The molecule has 0 saturated carbocycles. The van der Waals surface area contributed by atoms with Gasteiger partial charge in [0.1, 0.15) is 10.9 Å². The number of benzene rings is 7. The zero-order chi connectivity index (χ0) is 56.7. The van der Waals surface area contributed by atoms with Crippen molar-refractivity contribution in [3.63, 3.8) is 0 Å². The molecular formula is C70H71N3O5S2. The highest BCUT2D eigenvalue weighted by Crippen LogP contribution is 2.53. The molecule has 0 radical (unpaired) electrons. The minimum atomic E-state index is -1.08. The fraction of sp³-hybridized carbons (Fsp3) is 0.300. The number of carbonyl (C=O) groups is 4. The molecule has 0 atom stereocenters. The molecule has 1 N–H and O–H groups in total. The monoisotopic (exact) mass is 1100 g/mol. The first kappa shape index (κ1) is 55.9. The third-order valence-electron chi connectivity index (χ3n) is 16.5. The number of Topliss-reactive ketones (excluding diaryl/α,β-unsaturated/α-hetero) is 2. The first-order chi connectivity index (χ1) is 38.3. The number of nitrogens with zero attached hydrogens (tertiary/aromatic N) is 3. The van der Waals surface area contributed by atoms with E-state index in [0.717, 1.165) is 74.2 Å². The third kappa shape index (κ3) is 10.8. The van der Waals surface area contributed by atoms with Crippen molar-refractivity contribution >= 4 is 103 Å². The van der Waals surface area contributed by atoms with Crippen LogP contribution < -0.4 is 9.80 Å². The number of anilines is 5. The van der Waals surface area contributed by atoms with E-state index in [1.807, 2.05) is 54.6 Å². The SMILES string of the molecule is CC(C)(C)c1ccc(N2c3ccccc3C(C)(C)c3cc(C=C4C(=O)c5cc6ccccc6cc5C4=O)ccc32)cc1.CCCCCCCCCCN1c2ccccc2C(C)(C)c2cc(/C=C3\SC(=S)N(CC(=O)O)C3=O)ccc21. The van der Waals surface area contributed by atoms with E-state index in [9.17, 15) is 19.2 Å². The van der Waals surface area contributed by atoms with Crippen LogP contribution >= 0.6 is 24.0 Å². The van der Waals surface area contributed by atoms with Crippen molar-refractivity contribution < 1.29 is 24.3 Å². The number of amides is 1. The van der Waals surface area contributed by atoms with E-state index >= 15 is 0 Å². The van der Waals surface area contributed by atoms with Crippen LogP contribution in [0.3, 0.4) is 0 Å². The molecule has 4 aliphatic rings. The van der Waals surface area contributed by atoms with Crippen LogP contribution in [0.5, 0.6) is 0 Å². The number of para-hydroxylation sites is 2. The molecule has 1 saturated heterocycles. The minimum Gasteiger partial charge on any atom is -0.480 e. The van der Waals surface area contributed by atoms with Crippen molar-refractivity contribution in [1.82, 2.24) is 4.90 Å². The van der Waals surface area contributed by atoms with Gasteiger partial charge in [0.15, 0.2) is 11.6 Å². The maximum Gasteiger partial charge on any atom is 0.323 e. The highest BCUT2D eigenvalue weighted by atomic mass is 32.2. The lowest BCUT2D eigenvalue weighted by Gasteiger charge is -2.42. The van der Waals surface area contributed by atoms with E-state index in [1.54, 1.807) is 6.08 Å². The second kappa shape index (κ2) is 22.6. The van der Waals surface area contributed by atoms with E-state index in [4.69, 9.17) is 17.3 Å². The number of aliphatic carboxylic acids is 1. The van der Waals surface area contributed by atoms with Crippen LogP contribution in [-0.4, -0.2) is 50.9 Å². The topological polar surface area (TPSA) is 98.2 Å². The Labute approximate surface area is 481 Å². The second-order valence-electron chi connectivity index (χ2n) is 23.7. The number of hydrogen-bond acceptors (Lipinski definition) is 8. The highest BCUT2D eigenvalue weighted by Gasteiger charge is 2.40. The standard InChI is InChI=1S/C39H33NO2.C31H38N2O3S2/c1-38(2,3)27-15-17-28(18-16-27)40-34-13-9-8-12-32(34)39(4,5)33-21-24(14-19-35(33)40)20-31-36(41)29-22-25-10-6-7-11-26(25)23-30(29)37(31)42;1-4-5-6-7-8-9-10-13-18-32-25-15-12-11-14-23(25)31(2,3)24-19-22(16-17-26(24)32)20-27-29(36)33(21-28(34)35)30(37)38-27/h6-23H,1-5H3;11-12,14-17,19-20H,4-10,13,18,21H2,1-3H3,(H,34,35)/b;27-20-. The number of rotatable bonds is 14. The molecule has 1 fully saturated rings. The number of unbranched alkanes of at least 4 members (excludes halogenated alkanes) is 7. The molecular weight excluding hydrogens is 1030 g/mol. The summed E-state index contributed by atoms with van der Waals surface area (Å²) in [5, 5.41) is 11.1. The van der Waals surface area contributed by atoms with E-state index in [1.165, 1.54) is 78.6 Å². The summed E-state index contributed by atoms with van der Waals surface area (Å²) < 4.78 is 0.285. The van der Waals surface area contributed by atoms with Crippen molar-refractivity contribution in [1.29, 1.82) is 0 Å². The number of allylic oxidation sites excluding steroid dienone is 1. The smallest absolute Gasteiger partial charge is 0.323 e. The van der Waals surface area contributed by atoms with Gasteiger partial charge in [-0.2, -0.15) is 0 Å². The molecule has 8 nitrogen and oxygen atoms in total. The van der Waals surface area contributed by atoms with Crippen LogP contribution in [0.4, 0.5) is 28.4 Å². The molecule has 11 rings (SSSR count). The molecule has 80 heavy (non-hydrogen) atoms. The molecule has 0 unspecified atom stereocenters. The predicted molar refractivity (Wildman–Crippen MR) is 335 cm³/mol. The molecule has 1 amide bonds. The molecule has 0 aromatic heterocycles. The summed E-state index contributed by atoms with van der Waals surface area (Å²) in [6.45, 7) is 18.5. The summed E-state index contributed by atoms with van der Waals surface area (Å²) >= 11 is 6.43. The van der Waals surface area contributed by atoms with Crippen LogP contribution in [-0.2, 0) is 25.8 Å². The Balaban J connectivity index is 0.000000181. The highest BCUT2D eigenvalue weighted by molar-refractivity contribution is 8.26. The number of thioether (sulfide) groups is 1. The van der Waals surface area contributed by atoms with Crippen molar-refractivity contribution in [2.24, 2.45) is 0 Å². The largest absolute Gasteiger partial charge is 0.480 e. The van der Waals surface area contributed by atoms with Crippen LogP contribution in [0, 0.1) is 0 Å². The summed E-state index contributed by atoms with van der Waals surface area (Å²) in [4.78, 5) is 57.3. The lowest BCUT2D eigenvalue weighted by molar-refractivity contribution is -0.140. The zero-order valence-electron chi connectivity index (χ0n) is 47.3. The van der Waals surface area contributed by atoms with Gasteiger partial charge in [0.05, 0.1) is 21.9 Å². The number of ketones is 2. The zero-order valence-corrected chi connectivity index (χ0v) is 49.0. The summed E-state index contributed by atoms with van der Waals surface area (Å²) in [7, 11) is 0. The van der Waals surface area contributed by atoms with Gasteiger partial charge in [-0.1, -0.05) is 209 Å². The van der Waals surface area contributed by atoms with E-state index in [0.29, 0.717) is 16.0 Å². The Morgan fingerprint density at radius 2 is 1.06 bits per heavy atom. The Kier molecular flexibility index (Phi) is 15.8. The summed E-state index contributed by atoms with van der Waals surface area (Å²) in [5.41, 5.74) is 14.6. The normalized spacial score (nSPS) is 16.3. The van der Waals surface area contributed by atoms with Crippen molar-refractivity contribution in [3.05, 3.63) is 206 Å². The molecule has 0 bridgehead atoms. The van der Waals surface area contributed by atoms with Gasteiger partial charge in [-0.3, -0.25) is 24.1 Å². The Bertz CT molecular complexity index is 3620. The van der Waals surface area contributed by atoms with Gasteiger partial charge in [0.25, 0.3) is 5.91 Å². The number of carbonyl (C=O) groups excluding carboxylic acids is 3. The van der Waals surface area contributed by atoms with Gasteiger partial charge in [-0.25, -0.2) is 0 Å². The first-order valence-corrected chi connectivity index (χ1v) is 29.5. The van der Waals surface area contributed by atoms with Crippen molar-refractivity contribution in [2.75, 3.05) is 22.9 Å². The maximum absolute atomic E-state index is 13.5. The fourth-order valence-electron chi connectivity index (χ4n) is 12.0. The summed E-state index contributed by atoms with van der Waals surface area (Å²) in [5.74, 6) is -1.83.